The van der Waals surface area contributed by atoms with E-state index in [0.717, 1.165) is 0 Å². The third kappa shape index (κ3) is 4.08. The Labute approximate surface area is 121 Å². The van der Waals surface area contributed by atoms with E-state index in [0.29, 0.717) is 18.4 Å². The number of fused-ring (bicyclic) bond motifs is 1. The fraction of sp³-hybridized carbons (Fsp3) is 0.692. The van der Waals surface area contributed by atoms with Crippen LogP contribution in [0.3, 0.4) is 0 Å². The molecule has 2 rings (SSSR count). The van der Waals surface area contributed by atoms with Gasteiger partial charge in [0.2, 0.25) is 0 Å². The molecule has 8 nitrogen and oxygen atoms in total. The molecule has 21 heavy (non-hydrogen) atoms. The summed E-state index contributed by atoms with van der Waals surface area (Å²) in [6.45, 7) is 1.86. The summed E-state index contributed by atoms with van der Waals surface area (Å²) < 4.78 is 25.4. The minimum absolute atomic E-state index is 0.124. The molecule has 8 heteroatoms. The Balaban J connectivity index is 2.18. The van der Waals surface area contributed by atoms with Crippen molar-refractivity contribution in [1.29, 1.82) is 0 Å². The van der Waals surface area contributed by atoms with Gasteiger partial charge in [-0.1, -0.05) is 0 Å². The molecule has 0 aromatic heterocycles. The van der Waals surface area contributed by atoms with Crippen molar-refractivity contribution in [2.45, 2.75) is 44.2 Å². The second kappa shape index (κ2) is 6.77. The highest BCUT2D eigenvalue weighted by Gasteiger charge is 2.37. The van der Waals surface area contributed by atoms with Gasteiger partial charge >= 0.3 is 12.3 Å². The third-order valence-electron chi connectivity index (χ3n) is 3.50. The molecule has 1 aliphatic heterocycles. The van der Waals surface area contributed by atoms with E-state index in [-0.39, 0.29) is 19.0 Å². The van der Waals surface area contributed by atoms with Crippen LogP contribution in [-0.2, 0) is 23.7 Å². The number of rotatable bonds is 2. The summed E-state index contributed by atoms with van der Waals surface area (Å²) >= 11 is 0. The highest BCUT2D eigenvalue weighted by atomic mass is 16.7. The van der Waals surface area contributed by atoms with Crippen molar-refractivity contribution in [1.82, 2.24) is 0 Å². The molecule has 4 unspecified atom stereocenters. The molecule has 2 aliphatic rings. The van der Waals surface area contributed by atoms with E-state index < -0.39 is 24.5 Å². The largest absolute Gasteiger partial charge is 0.508 e. The van der Waals surface area contributed by atoms with Crippen LogP contribution < -0.4 is 0 Å². The summed E-state index contributed by atoms with van der Waals surface area (Å²) in [6, 6.07) is 0. The van der Waals surface area contributed by atoms with Crippen LogP contribution in [0, 0.1) is 0 Å². The maximum absolute atomic E-state index is 11.3. The molecule has 0 spiro atoms. The molecule has 0 aromatic rings. The summed E-state index contributed by atoms with van der Waals surface area (Å²) in [5, 5.41) is 8.78. The first-order valence-corrected chi connectivity index (χ1v) is 6.55. The summed E-state index contributed by atoms with van der Waals surface area (Å²) in [4.78, 5) is 22.0. The van der Waals surface area contributed by atoms with Crippen LogP contribution in [0.4, 0.5) is 9.59 Å². The Morgan fingerprint density at radius 2 is 1.90 bits per heavy atom. The lowest BCUT2D eigenvalue weighted by molar-refractivity contribution is 0.00718. The highest BCUT2D eigenvalue weighted by molar-refractivity contribution is 5.60. The van der Waals surface area contributed by atoms with E-state index in [9.17, 15) is 9.59 Å². The predicted octanol–water partition coefficient (Wildman–Crippen LogP) is 1.68. The van der Waals surface area contributed by atoms with E-state index in [4.69, 9.17) is 24.1 Å². The highest BCUT2D eigenvalue weighted by Crippen LogP contribution is 2.29. The van der Waals surface area contributed by atoms with Crippen molar-refractivity contribution in [3.8, 4) is 0 Å². The molecule has 0 aromatic carbocycles. The van der Waals surface area contributed by atoms with Gasteiger partial charge in [0, 0.05) is 12.8 Å². The van der Waals surface area contributed by atoms with Crippen LogP contribution in [0.25, 0.3) is 0 Å². The Morgan fingerprint density at radius 1 is 1.24 bits per heavy atom. The first-order valence-electron chi connectivity index (χ1n) is 6.55. The summed E-state index contributed by atoms with van der Waals surface area (Å²) in [5.74, 6) is 0. The lowest BCUT2D eigenvalue weighted by Crippen LogP contribution is -2.36. The van der Waals surface area contributed by atoms with Gasteiger partial charge in [0.05, 0.1) is 19.3 Å². The van der Waals surface area contributed by atoms with Crippen LogP contribution in [0.1, 0.15) is 19.8 Å². The van der Waals surface area contributed by atoms with E-state index in [1.54, 1.807) is 13.0 Å². The van der Waals surface area contributed by atoms with Gasteiger partial charge in [0.25, 0.3) is 0 Å². The minimum Gasteiger partial charge on any atom is -0.450 e. The molecule has 0 bridgehead atoms. The fourth-order valence-corrected chi connectivity index (χ4v) is 2.48. The SMILES string of the molecule is COC(=O)OC1CC2OCOC2CC(OC(=O)O)C=C1C. The van der Waals surface area contributed by atoms with Gasteiger partial charge in [0.15, 0.2) is 0 Å². The number of carboxylic acid groups (broad SMARTS) is 1. The normalized spacial score (nSPS) is 32.2. The maximum atomic E-state index is 11.3. The second-order valence-electron chi connectivity index (χ2n) is 4.89. The van der Waals surface area contributed by atoms with Crippen LogP contribution in [0.2, 0.25) is 0 Å². The molecule has 1 fully saturated rings. The van der Waals surface area contributed by atoms with Gasteiger partial charge in [-0.05, 0) is 18.6 Å². The third-order valence-corrected chi connectivity index (χ3v) is 3.50. The zero-order chi connectivity index (χ0) is 15.4. The van der Waals surface area contributed by atoms with Crippen molar-refractivity contribution >= 4 is 12.3 Å². The van der Waals surface area contributed by atoms with Crippen molar-refractivity contribution in [2.24, 2.45) is 0 Å². The molecule has 0 amide bonds. The van der Waals surface area contributed by atoms with Crippen LogP contribution in [-0.4, -0.2) is 55.7 Å². The number of carbonyl (C=O) groups excluding carboxylic acids is 1. The van der Waals surface area contributed by atoms with Crippen molar-refractivity contribution in [3.63, 3.8) is 0 Å². The Bertz CT molecular complexity index is 432. The van der Waals surface area contributed by atoms with Gasteiger partial charge in [-0.3, -0.25) is 0 Å². The molecule has 4 atom stereocenters. The Hall–Kier alpha value is -1.80. The quantitative estimate of drug-likeness (QED) is 0.607. The molecule has 1 heterocycles. The lowest BCUT2D eigenvalue weighted by Gasteiger charge is -2.28. The Morgan fingerprint density at radius 3 is 2.52 bits per heavy atom. The zero-order valence-corrected chi connectivity index (χ0v) is 11.8. The van der Waals surface area contributed by atoms with Crippen LogP contribution in [0.5, 0.6) is 0 Å². The number of hydrogen-bond donors (Lipinski definition) is 1. The van der Waals surface area contributed by atoms with E-state index in [2.05, 4.69) is 4.74 Å². The van der Waals surface area contributed by atoms with E-state index in [1.807, 2.05) is 0 Å². The van der Waals surface area contributed by atoms with Gasteiger partial charge in [-0.2, -0.15) is 0 Å². The predicted molar refractivity (Wildman–Crippen MR) is 67.8 cm³/mol. The number of ether oxygens (including phenoxy) is 5. The molecular weight excluding hydrogens is 284 g/mol. The second-order valence-corrected chi connectivity index (χ2v) is 4.89. The summed E-state index contributed by atoms with van der Waals surface area (Å²) in [6.07, 6.45) is -1.62. The monoisotopic (exact) mass is 302 g/mol. The minimum atomic E-state index is -1.37. The van der Waals surface area contributed by atoms with E-state index in [1.165, 1.54) is 7.11 Å². The molecule has 1 saturated heterocycles. The Kier molecular flexibility index (Phi) is 5.03. The summed E-state index contributed by atoms with van der Waals surface area (Å²) in [7, 11) is 1.22. The van der Waals surface area contributed by atoms with Crippen molar-refractivity contribution in [2.75, 3.05) is 13.9 Å². The van der Waals surface area contributed by atoms with Crippen LogP contribution >= 0.6 is 0 Å². The molecule has 1 aliphatic carbocycles. The van der Waals surface area contributed by atoms with Crippen molar-refractivity contribution in [3.05, 3.63) is 11.6 Å². The fourth-order valence-electron chi connectivity index (χ4n) is 2.48. The first kappa shape index (κ1) is 15.6. The van der Waals surface area contributed by atoms with Crippen molar-refractivity contribution < 1.29 is 38.4 Å². The van der Waals surface area contributed by atoms with Gasteiger partial charge in [-0.15, -0.1) is 0 Å². The van der Waals surface area contributed by atoms with Gasteiger partial charge in [0.1, 0.15) is 19.0 Å². The molecule has 0 radical (unpaired) electrons. The standard InChI is InChI=1S/C13H18O8/c1-7-3-8(20-12(14)15)4-10-11(19-6-18-10)5-9(7)21-13(16)17-2/h3,8-11H,4-6H2,1-2H3,(H,14,15). The number of methoxy groups -OCH3 is 1. The average Bonchev–Trinajstić information content (AvgIpc) is 2.82. The zero-order valence-electron chi connectivity index (χ0n) is 11.8. The summed E-state index contributed by atoms with van der Waals surface area (Å²) in [5.41, 5.74) is 0.681. The molecule has 118 valence electrons. The van der Waals surface area contributed by atoms with E-state index >= 15 is 0 Å². The van der Waals surface area contributed by atoms with Gasteiger partial charge in [-0.25, -0.2) is 9.59 Å². The molecule has 1 N–H and O–H groups in total. The number of hydrogen-bond acceptors (Lipinski definition) is 7. The maximum Gasteiger partial charge on any atom is 0.508 e. The molecular formula is C13H18O8. The molecule has 0 saturated carbocycles. The topological polar surface area (TPSA) is 101 Å². The first-order chi connectivity index (χ1) is 9.99. The van der Waals surface area contributed by atoms with Gasteiger partial charge < -0.3 is 28.8 Å². The lowest BCUT2D eigenvalue weighted by atomic mass is 9.93. The smallest absolute Gasteiger partial charge is 0.450 e. The number of carbonyl (C=O) groups is 2. The van der Waals surface area contributed by atoms with Crippen LogP contribution in [0.15, 0.2) is 11.6 Å². The average molecular weight is 302 g/mol.